The van der Waals surface area contributed by atoms with E-state index in [4.69, 9.17) is 10.00 Å². The summed E-state index contributed by atoms with van der Waals surface area (Å²) in [6, 6.07) is 18.1. The van der Waals surface area contributed by atoms with Crippen molar-refractivity contribution in [2.24, 2.45) is 5.92 Å². The van der Waals surface area contributed by atoms with Crippen LogP contribution in [-0.4, -0.2) is 23.6 Å². The molecule has 0 aromatic heterocycles. The first-order valence-corrected chi connectivity index (χ1v) is 10.0. The predicted molar refractivity (Wildman–Crippen MR) is 110 cm³/mol. The van der Waals surface area contributed by atoms with Crippen LogP contribution in [0.2, 0.25) is 0 Å². The Morgan fingerprint density at radius 2 is 1.86 bits per heavy atom. The first kappa shape index (κ1) is 21.9. The minimum atomic E-state index is -0.285. The molecule has 4 nitrogen and oxygen atoms in total. The first-order chi connectivity index (χ1) is 13.4. The van der Waals surface area contributed by atoms with Crippen LogP contribution in [-0.2, 0) is 4.74 Å². The summed E-state index contributed by atoms with van der Waals surface area (Å²) in [5.74, 6) is -0.263. The van der Waals surface area contributed by atoms with Gasteiger partial charge in [0, 0.05) is 29.8 Å². The second-order valence-corrected chi connectivity index (χ2v) is 7.69. The maximum Gasteiger partial charge on any atom is 0.410 e. The van der Waals surface area contributed by atoms with Gasteiger partial charge in [-0.1, -0.05) is 46.3 Å². The Bertz CT molecular complexity index is 792. The van der Waals surface area contributed by atoms with Crippen LogP contribution in [0.5, 0.6) is 0 Å². The molecular formula is C22H24BrFN2O2. The molecule has 3 unspecified atom stereocenters. The Morgan fingerprint density at radius 3 is 2.36 bits per heavy atom. The van der Waals surface area contributed by atoms with Gasteiger partial charge < -0.3 is 9.64 Å². The van der Waals surface area contributed by atoms with Crippen molar-refractivity contribution in [2.45, 2.75) is 38.8 Å². The smallest absolute Gasteiger partial charge is 0.410 e. The standard InChI is InChI=1S/C16H19BrN2O2.C6H5F/c1-11(10-18)9-15-7-8-19(16(20)21-15)12(2)13-3-5-14(17)6-4-13;7-6-4-2-1-3-5-6/h3-6,11-12,15H,7-9H2,1-2H3;1-5H. The third kappa shape index (κ3) is 6.65. The van der Waals surface area contributed by atoms with Crippen molar-refractivity contribution < 1.29 is 13.9 Å². The molecule has 1 fully saturated rings. The molecule has 148 valence electrons. The fourth-order valence-electron chi connectivity index (χ4n) is 2.94. The first-order valence-electron chi connectivity index (χ1n) is 9.23. The van der Waals surface area contributed by atoms with Gasteiger partial charge >= 0.3 is 6.09 Å². The van der Waals surface area contributed by atoms with Gasteiger partial charge in [-0.2, -0.15) is 5.26 Å². The average molecular weight is 447 g/mol. The van der Waals surface area contributed by atoms with Crippen molar-refractivity contribution in [3.05, 3.63) is 70.5 Å². The number of hydrogen-bond donors (Lipinski definition) is 0. The molecule has 1 aliphatic heterocycles. The summed E-state index contributed by atoms with van der Waals surface area (Å²) in [5, 5.41) is 8.84. The van der Waals surface area contributed by atoms with Crippen LogP contribution in [0.15, 0.2) is 59.1 Å². The number of ether oxygens (including phenoxy) is 1. The van der Waals surface area contributed by atoms with Gasteiger partial charge in [-0.25, -0.2) is 9.18 Å². The number of amides is 1. The quantitative estimate of drug-likeness (QED) is 0.570. The van der Waals surface area contributed by atoms with E-state index in [9.17, 15) is 9.18 Å². The Labute approximate surface area is 174 Å². The monoisotopic (exact) mass is 446 g/mol. The number of halogens is 2. The van der Waals surface area contributed by atoms with Crippen LogP contribution in [0.1, 0.15) is 38.3 Å². The highest BCUT2D eigenvalue weighted by molar-refractivity contribution is 9.10. The zero-order valence-electron chi connectivity index (χ0n) is 16.0. The van der Waals surface area contributed by atoms with Crippen LogP contribution in [0.25, 0.3) is 0 Å². The SMILES string of the molecule is CC(C#N)CC1CCN(C(C)c2ccc(Br)cc2)C(=O)O1.Fc1ccccc1. The summed E-state index contributed by atoms with van der Waals surface area (Å²) >= 11 is 3.41. The topological polar surface area (TPSA) is 53.3 Å². The second-order valence-electron chi connectivity index (χ2n) is 6.78. The molecule has 28 heavy (non-hydrogen) atoms. The van der Waals surface area contributed by atoms with Gasteiger partial charge in [0.25, 0.3) is 0 Å². The van der Waals surface area contributed by atoms with Crippen molar-refractivity contribution >= 4 is 22.0 Å². The molecule has 0 radical (unpaired) electrons. The molecule has 0 N–H and O–H groups in total. The molecule has 0 saturated carbocycles. The molecule has 1 amide bonds. The average Bonchev–Trinajstić information content (AvgIpc) is 2.69. The summed E-state index contributed by atoms with van der Waals surface area (Å²) in [7, 11) is 0. The molecule has 0 bridgehead atoms. The van der Waals surface area contributed by atoms with E-state index in [0.717, 1.165) is 16.5 Å². The molecule has 1 heterocycles. The van der Waals surface area contributed by atoms with Crippen molar-refractivity contribution in [1.29, 1.82) is 5.26 Å². The lowest BCUT2D eigenvalue weighted by atomic mass is 10.0. The van der Waals surface area contributed by atoms with Crippen molar-refractivity contribution in [3.63, 3.8) is 0 Å². The minimum Gasteiger partial charge on any atom is -0.446 e. The number of carbonyl (C=O) groups excluding carboxylic acids is 1. The van der Waals surface area contributed by atoms with E-state index in [1.54, 1.807) is 23.1 Å². The number of nitrogens with zero attached hydrogens (tertiary/aromatic N) is 2. The van der Waals surface area contributed by atoms with Crippen molar-refractivity contribution in [2.75, 3.05) is 6.54 Å². The van der Waals surface area contributed by atoms with Gasteiger partial charge in [-0.05, 0) is 43.7 Å². The summed E-state index contributed by atoms with van der Waals surface area (Å²) in [5.41, 5.74) is 1.08. The lowest BCUT2D eigenvalue weighted by Crippen LogP contribution is -2.43. The molecule has 3 rings (SSSR count). The zero-order chi connectivity index (χ0) is 20.5. The van der Waals surface area contributed by atoms with Crippen molar-refractivity contribution in [1.82, 2.24) is 4.90 Å². The number of carbonyl (C=O) groups is 1. The highest BCUT2D eigenvalue weighted by Crippen LogP contribution is 2.27. The molecule has 6 heteroatoms. The normalized spacial score (nSPS) is 18.2. The Morgan fingerprint density at radius 1 is 1.21 bits per heavy atom. The Kier molecular flexibility index (Phi) is 8.46. The predicted octanol–water partition coefficient (Wildman–Crippen LogP) is 6.10. The summed E-state index contributed by atoms with van der Waals surface area (Å²) in [6.45, 7) is 4.52. The molecule has 2 aromatic rings. The van der Waals surface area contributed by atoms with Gasteiger partial charge in [0.2, 0.25) is 0 Å². The number of hydrogen-bond acceptors (Lipinski definition) is 3. The Balaban J connectivity index is 0.000000336. The lowest BCUT2D eigenvalue weighted by molar-refractivity contribution is 0.00685. The maximum atomic E-state index is 12.2. The minimum absolute atomic E-state index is 0.0139. The van der Waals surface area contributed by atoms with E-state index < -0.39 is 0 Å². The molecule has 1 saturated heterocycles. The summed E-state index contributed by atoms with van der Waals surface area (Å²) in [4.78, 5) is 13.9. The molecule has 1 aliphatic rings. The molecule has 2 aromatic carbocycles. The fraction of sp³-hybridized carbons (Fsp3) is 0.364. The highest BCUT2D eigenvalue weighted by atomic mass is 79.9. The number of nitriles is 1. The van der Waals surface area contributed by atoms with Crippen molar-refractivity contribution in [3.8, 4) is 6.07 Å². The van der Waals surface area contributed by atoms with Crippen LogP contribution in [0.4, 0.5) is 9.18 Å². The van der Waals surface area contributed by atoms with E-state index in [0.29, 0.717) is 13.0 Å². The lowest BCUT2D eigenvalue weighted by Gasteiger charge is -2.36. The Hall–Kier alpha value is -2.39. The molecule has 0 aliphatic carbocycles. The summed E-state index contributed by atoms with van der Waals surface area (Å²) < 4.78 is 18.4. The van der Waals surface area contributed by atoms with Crippen LogP contribution in [0.3, 0.4) is 0 Å². The molecule has 0 spiro atoms. The van der Waals surface area contributed by atoms with Gasteiger partial charge in [0.15, 0.2) is 0 Å². The molecule has 3 atom stereocenters. The van der Waals surface area contributed by atoms with Gasteiger partial charge in [-0.3, -0.25) is 0 Å². The third-order valence-electron chi connectivity index (χ3n) is 4.58. The van der Waals surface area contributed by atoms with E-state index in [2.05, 4.69) is 22.0 Å². The molecular weight excluding hydrogens is 423 g/mol. The largest absolute Gasteiger partial charge is 0.446 e. The van der Waals surface area contributed by atoms with E-state index in [-0.39, 0.29) is 30.0 Å². The second kappa shape index (κ2) is 10.8. The number of cyclic esters (lactones) is 1. The maximum absolute atomic E-state index is 12.2. The number of benzene rings is 2. The van der Waals surface area contributed by atoms with Gasteiger partial charge in [0.1, 0.15) is 11.9 Å². The van der Waals surface area contributed by atoms with E-state index >= 15 is 0 Å². The van der Waals surface area contributed by atoms with Crippen LogP contribution in [0, 0.1) is 23.1 Å². The highest BCUT2D eigenvalue weighted by Gasteiger charge is 2.31. The van der Waals surface area contributed by atoms with Crippen LogP contribution >= 0.6 is 15.9 Å². The summed E-state index contributed by atoms with van der Waals surface area (Å²) in [6.07, 6.45) is 0.966. The van der Waals surface area contributed by atoms with Gasteiger partial charge in [-0.15, -0.1) is 0 Å². The number of rotatable bonds is 4. The van der Waals surface area contributed by atoms with E-state index in [1.165, 1.54) is 12.1 Å². The van der Waals surface area contributed by atoms with E-state index in [1.807, 2.05) is 38.1 Å². The third-order valence-corrected chi connectivity index (χ3v) is 5.11. The van der Waals surface area contributed by atoms with Crippen LogP contribution < -0.4 is 0 Å². The fourth-order valence-corrected chi connectivity index (χ4v) is 3.21. The van der Waals surface area contributed by atoms with Gasteiger partial charge in [0.05, 0.1) is 12.1 Å². The zero-order valence-corrected chi connectivity index (χ0v) is 17.6.